The Balaban J connectivity index is 1.99. The van der Waals surface area contributed by atoms with E-state index in [9.17, 15) is 0 Å². The van der Waals surface area contributed by atoms with Gasteiger partial charge in [0.2, 0.25) is 0 Å². The lowest BCUT2D eigenvalue weighted by Crippen LogP contribution is -2.11. The zero-order valence-electron chi connectivity index (χ0n) is 10.7. The summed E-state index contributed by atoms with van der Waals surface area (Å²) in [4.78, 5) is 12.9. The SMILES string of the molecule is Cc1nc(Cl)c(NCCc2nccn2C)nc1C. The van der Waals surface area contributed by atoms with Crippen molar-refractivity contribution < 1.29 is 0 Å². The standard InChI is InChI=1S/C12H16ClN5/c1-8-9(2)17-12(11(13)16-8)15-5-4-10-14-6-7-18(10)3/h6-7H,4-5H2,1-3H3,(H,15,17). The van der Waals surface area contributed by atoms with E-state index in [1.807, 2.05) is 31.7 Å². The number of nitrogens with zero attached hydrogens (tertiary/aromatic N) is 4. The summed E-state index contributed by atoms with van der Waals surface area (Å²) in [6.07, 6.45) is 4.53. The molecule has 0 fully saturated rings. The predicted molar refractivity (Wildman–Crippen MR) is 71.9 cm³/mol. The maximum absolute atomic E-state index is 6.04. The van der Waals surface area contributed by atoms with Crippen LogP contribution in [0.1, 0.15) is 17.2 Å². The van der Waals surface area contributed by atoms with Crippen molar-refractivity contribution in [3.8, 4) is 0 Å². The Morgan fingerprint density at radius 1 is 1.28 bits per heavy atom. The number of imidazole rings is 1. The molecule has 0 radical (unpaired) electrons. The van der Waals surface area contributed by atoms with Gasteiger partial charge in [-0.25, -0.2) is 15.0 Å². The quantitative estimate of drug-likeness (QED) is 0.920. The van der Waals surface area contributed by atoms with Gasteiger partial charge in [0.15, 0.2) is 11.0 Å². The van der Waals surface area contributed by atoms with Crippen LogP contribution in [0.25, 0.3) is 0 Å². The van der Waals surface area contributed by atoms with Crippen LogP contribution in [0.4, 0.5) is 5.82 Å². The minimum Gasteiger partial charge on any atom is -0.367 e. The van der Waals surface area contributed by atoms with Crippen LogP contribution >= 0.6 is 11.6 Å². The Bertz CT molecular complexity index is 549. The molecule has 1 N–H and O–H groups in total. The number of halogens is 1. The molecule has 0 aromatic carbocycles. The summed E-state index contributed by atoms with van der Waals surface area (Å²) in [5.41, 5.74) is 1.74. The normalized spacial score (nSPS) is 10.7. The van der Waals surface area contributed by atoms with Gasteiger partial charge in [0, 0.05) is 32.4 Å². The van der Waals surface area contributed by atoms with Crippen molar-refractivity contribution in [3.63, 3.8) is 0 Å². The average Bonchev–Trinajstić information content (AvgIpc) is 2.72. The summed E-state index contributed by atoms with van der Waals surface area (Å²) in [6.45, 7) is 4.54. The molecule has 6 heteroatoms. The Morgan fingerprint density at radius 2 is 2.00 bits per heavy atom. The van der Waals surface area contributed by atoms with Crippen molar-refractivity contribution in [2.45, 2.75) is 20.3 Å². The van der Waals surface area contributed by atoms with Gasteiger partial charge in [-0.15, -0.1) is 0 Å². The summed E-state index contributed by atoms with van der Waals surface area (Å²) >= 11 is 6.04. The predicted octanol–water partition coefficient (Wildman–Crippen LogP) is 2.13. The summed E-state index contributed by atoms with van der Waals surface area (Å²) in [7, 11) is 1.98. The zero-order valence-corrected chi connectivity index (χ0v) is 11.5. The van der Waals surface area contributed by atoms with Crippen LogP contribution in [0, 0.1) is 13.8 Å². The van der Waals surface area contributed by atoms with Crippen molar-refractivity contribution in [1.29, 1.82) is 0 Å². The van der Waals surface area contributed by atoms with Crippen LogP contribution in [-0.2, 0) is 13.5 Å². The smallest absolute Gasteiger partial charge is 0.171 e. The van der Waals surface area contributed by atoms with Crippen LogP contribution in [-0.4, -0.2) is 26.1 Å². The molecule has 0 spiro atoms. The van der Waals surface area contributed by atoms with Crippen LogP contribution < -0.4 is 5.32 Å². The second-order valence-electron chi connectivity index (χ2n) is 4.16. The monoisotopic (exact) mass is 265 g/mol. The number of nitrogens with one attached hydrogen (secondary N) is 1. The van der Waals surface area contributed by atoms with E-state index >= 15 is 0 Å². The fraction of sp³-hybridized carbons (Fsp3) is 0.417. The first-order valence-corrected chi connectivity index (χ1v) is 6.16. The van der Waals surface area contributed by atoms with E-state index in [0.717, 1.165) is 30.2 Å². The Morgan fingerprint density at radius 3 is 2.67 bits per heavy atom. The lowest BCUT2D eigenvalue weighted by Gasteiger charge is -2.09. The molecule has 0 unspecified atom stereocenters. The van der Waals surface area contributed by atoms with Crippen molar-refractivity contribution in [2.75, 3.05) is 11.9 Å². The van der Waals surface area contributed by atoms with E-state index in [-0.39, 0.29) is 0 Å². The molecule has 0 aliphatic carbocycles. The second kappa shape index (κ2) is 5.35. The molecule has 0 aliphatic rings. The lowest BCUT2D eigenvalue weighted by molar-refractivity contribution is 0.788. The van der Waals surface area contributed by atoms with Crippen LogP contribution in [0.5, 0.6) is 0 Å². The molecular weight excluding hydrogens is 250 g/mol. The first kappa shape index (κ1) is 12.8. The molecule has 0 atom stereocenters. The summed E-state index contributed by atoms with van der Waals surface area (Å²) in [5.74, 6) is 1.66. The van der Waals surface area contributed by atoms with E-state index in [0.29, 0.717) is 11.0 Å². The zero-order chi connectivity index (χ0) is 13.1. The number of aryl methyl sites for hydroxylation is 3. The van der Waals surface area contributed by atoms with Crippen molar-refractivity contribution in [1.82, 2.24) is 19.5 Å². The van der Waals surface area contributed by atoms with Gasteiger partial charge in [-0.05, 0) is 13.8 Å². The lowest BCUT2D eigenvalue weighted by atomic mass is 10.3. The van der Waals surface area contributed by atoms with Gasteiger partial charge in [0.25, 0.3) is 0 Å². The third-order valence-electron chi connectivity index (χ3n) is 2.83. The molecular formula is C12H16ClN5. The molecule has 0 aliphatic heterocycles. The minimum absolute atomic E-state index is 0.415. The van der Waals surface area contributed by atoms with E-state index in [1.165, 1.54) is 0 Å². The van der Waals surface area contributed by atoms with E-state index < -0.39 is 0 Å². The van der Waals surface area contributed by atoms with Crippen LogP contribution in [0.15, 0.2) is 12.4 Å². The molecule has 0 saturated heterocycles. The number of hydrogen-bond donors (Lipinski definition) is 1. The van der Waals surface area contributed by atoms with Gasteiger partial charge in [0.05, 0.1) is 11.4 Å². The van der Waals surface area contributed by atoms with Gasteiger partial charge >= 0.3 is 0 Å². The highest BCUT2D eigenvalue weighted by molar-refractivity contribution is 6.31. The first-order valence-electron chi connectivity index (χ1n) is 5.78. The van der Waals surface area contributed by atoms with Crippen molar-refractivity contribution in [2.24, 2.45) is 7.05 Å². The molecule has 2 aromatic heterocycles. The topological polar surface area (TPSA) is 55.6 Å². The number of aromatic nitrogens is 4. The van der Waals surface area contributed by atoms with E-state index in [1.54, 1.807) is 6.20 Å². The Labute approximate surface area is 111 Å². The highest BCUT2D eigenvalue weighted by Crippen LogP contribution is 2.18. The van der Waals surface area contributed by atoms with Gasteiger partial charge in [-0.3, -0.25) is 0 Å². The summed E-state index contributed by atoms with van der Waals surface area (Å²) in [6, 6.07) is 0. The molecule has 0 bridgehead atoms. The molecule has 96 valence electrons. The van der Waals surface area contributed by atoms with Crippen molar-refractivity contribution >= 4 is 17.4 Å². The van der Waals surface area contributed by atoms with E-state index in [2.05, 4.69) is 20.3 Å². The molecule has 0 amide bonds. The molecule has 5 nitrogen and oxygen atoms in total. The van der Waals surface area contributed by atoms with Crippen molar-refractivity contribution in [3.05, 3.63) is 34.8 Å². The summed E-state index contributed by atoms with van der Waals surface area (Å²) < 4.78 is 2.00. The molecule has 2 heterocycles. The Hall–Kier alpha value is -1.62. The molecule has 0 saturated carbocycles. The largest absolute Gasteiger partial charge is 0.367 e. The average molecular weight is 266 g/mol. The third kappa shape index (κ3) is 2.79. The van der Waals surface area contributed by atoms with E-state index in [4.69, 9.17) is 11.6 Å². The molecule has 2 aromatic rings. The maximum atomic E-state index is 6.04. The Kier molecular flexibility index (Phi) is 3.81. The minimum atomic E-state index is 0.415. The fourth-order valence-electron chi connectivity index (χ4n) is 1.62. The highest BCUT2D eigenvalue weighted by Gasteiger charge is 2.07. The van der Waals surface area contributed by atoms with Gasteiger partial charge in [-0.2, -0.15) is 0 Å². The fourth-order valence-corrected chi connectivity index (χ4v) is 1.85. The van der Waals surface area contributed by atoms with Crippen LogP contribution in [0.2, 0.25) is 5.15 Å². The van der Waals surface area contributed by atoms with Gasteiger partial charge in [0.1, 0.15) is 5.82 Å². The maximum Gasteiger partial charge on any atom is 0.171 e. The molecule has 18 heavy (non-hydrogen) atoms. The summed E-state index contributed by atoms with van der Waals surface area (Å²) in [5, 5.41) is 3.60. The highest BCUT2D eigenvalue weighted by atomic mass is 35.5. The van der Waals surface area contributed by atoms with Gasteiger partial charge in [-0.1, -0.05) is 11.6 Å². The number of rotatable bonds is 4. The molecule has 2 rings (SSSR count). The van der Waals surface area contributed by atoms with Crippen LogP contribution in [0.3, 0.4) is 0 Å². The first-order chi connectivity index (χ1) is 8.58. The van der Waals surface area contributed by atoms with Gasteiger partial charge < -0.3 is 9.88 Å². The number of hydrogen-bond acceptors (Lipinski definition) is 4. The third-order valence-corrected chi connectivity index (χ3v) is 3.09. The number of anilines is 1. The second-order valence-corrected chi connectivity index (χ2v) is 4.52.